The van der Waals surface area contributed by atoms with E-state index in [4.69, 9.17) is 16.3 Å². The first-order valence-electron chi connectivity index (χ1n) is 7.47. The largest absolute Gasteiger partial charge is 0.474 e. The zero-order chi connectivity index (χ0) is 13.2. The summed E-state index contributed by atoms with van der Waals surface area (Å²) in [7, 11) is 0. The number of ether oxygens (including phenoxy) is 1. The Morgan fingerprint density at radius 1 is 1.21 bits per heavy atom. The number of hydrogen-bond donors (Lipinski definition) is 0. The minimum atomic E-state index is 0.303. The van der Waals surface area contributed by atoms with Crippen LogP contribution in [0.2, 0.25) is 5.15 Å². The second-order valence-electron chi connectivity index (χ2n) is 5.77. The van der Waals surface area contributed by atoms with Crippen molar-refractivity contribution in [2.45, 2.75) is 63.9 Å². The Labute approximate surface area is 119 Å². The highest BCUT2D eigenvalue weighted by Gasteiger charge is 2.29. The molecule has 0 amide bonds. The predicted molar refractivity (Wildman–Crippen MR) is 75.7 cm³/mol. The molecule has 1 aromatic rings. The second kappa shape index (κ2) is 5.66. The van der Waals surface area contributed by atoms with Gasteiger partial charge < -0.3 is 4.74 Å². The van der Waals surface area contributed by atoms with Crippen molar-refractivity contribution in [2.75, 3.05) is 0 Å². The molecule has 1 aromatic heterocycles. The van der Waals surface area contributed by atoms with Gasteiger partial charge in [0.1, 0.15) is 17.1 Å². The van der Waals surface area contributed by atoms with Crippen LogP contribution < -0.4 is 4.74 Å². The van der Waals surface area contributed by atoms with Crippen molar-refractivity contribution in [1.29, 1.82) is 0 Å². The van der Waals surface area contributed by atoms with Crippen molar-refractivity contribution in [3.63, 3.8) is 0 Å². The van der Waals surface area contributed by atoms with Gasteiger partial charge in [-0.15, -0.1) is 0 Å². The third-order valence-corrected chi connectivity index (χ3v) is 4.46. The number of halogens is 1. The first kappa shape index (κ1) is 13.2. The van der Waals surface area contributed by atoms with E-state index in [1.807, 2.05) is 0 Å². The molecule has 19 heavy (non-hydrogen) atoms. The maximum absolute atomic E-state index is 6.12. The molecule has 104 valence electrons. The average molecular weight is 281 g/mol. The summed E-state index contributed by atoms with van der Waals surface area (Å²) in [6.07, 6.45) is 8.84. The molecule has 2 atom stereocenters. The standard InChI is InChI=1S/C15H21ClN2O/c1-2-10-5-3-4-6-12(10)19-14-9-13(16)17-15(18-14)11-7-8-11/h9-12H,2-8H2,1H3. The Bertz CT molecular complexity index is 448. The smallest absolute Gasteiger partial charge is 0.218 e. The van der Waals surface area contributed by atoms with Crippen LogP contribution in [0.15, 0.2) is 6.07 Å². The SMILES string of the molecule is CCC1CCCCC1Oc1cc(Cl)nc(C2CC2)n1. The molecule has 0 N–H and O–H groups in total. The molecule has 2 fully saturated rings. The predicted octanol–water partition coefficient (Wildman–Crippen LogP) is 4.36. The Balaban J connectivity index is 1.74. The van der Waals surface area contributed by atoms with Crippen LogP contribution in [0.25, 0.3) is 0 Å². The van der Waals surface area contributed by atoms with Crippen LogP contribution >= 0.6 is 11.6 Å². The zero-order valence-corrected chi connectivity index (χ0v) is 12.2. The third-order valence-electron chi connectivity index (χ3n) is 4.27. The third kappa shape index (κ3) is 3.19. The van der Waals surface area contributed by atoms with E-state index in [1.165, 1.54) is 38.5 Å². The normalized spacial score (nSPS) is 27.3. The first-order valence-corrected chi connectivity index (χ1v) is 7.85. The molecule has 3 rings (SSSR count). The number of nitrogens with zero attached hydrogens (tertiary/aromatic N) is 2. The molecule has 0 spiro atoms. The van der Waals surface area contributed by atoms with E-state index in [2.05, 4.69) is 16.9 Å². The van der Waals surface area contributed by atoms with Gasteiger partial charge in [-0.25, -0.2) is 4.98 Å². The van der Waals surface area contributed by atoms with Gasteiger partial charge in [0.25, 0.3) is 0 Å². The van der Waals surface area contributed by atoms with Crippen LogP contribution in [-0.4, -0.2) is 16.1 Å². The fourth-order valence-electron chi connectivity index (χ4n) is 2.95. The molecule has 2 unspecified atom stereocenters. The highest BCUT2D eigenvalue weighted by Crippen LogP contribution is 2.39. The van der Waals surface area contributed by atoms with E-state index in [0.717, 1.165) is 12.2 Å². The summed E-state index contributed by atoms with van der Waals surface area (Å²) in [6.45, 7) is 2.24. The van der Waals surface area contributed by atoms with Gasteiger partial charge in [0.2, 0.25) is 5.88 Å². The molecule has 0 radical (unpaired) electrons. The average Bonchev–Trinajstić information content (AvgIpc) is 3.23. The number of rotatable bonds is 4. The molecule has 2 aliphatic rings. The molecule has 1 heterocycles. The minimum Gasteiger partial charge on any atom is -0.474 e. The number of aromatic nitrogens is 2. The molecule has 0 bridgehead atoms. The van der Waals surface area contributed by atoms with Crippen molar-refractivity contribution < 1.29 is 4.74 Å². The number of hydrogen-bond acceptors (Lipinski definition) is 3. The maximum Gasteiger partial charge on any atom is 0.218 e. The van der Waals surface area contributed by atoms with Crippen molar-refractivity contribution in [3.8, 4) is 5.88 Å². The molecule has 3 nitrogen and oxygen atoms in total. The molecule has 4 heteroatoms. The van der Waals surface area contributed by atoms with Gasteiger partial charge in [-0.3, -0.25) is 0 Å². The summed E-state index contributed by atoms with van der Waals surface area (Å²) in [5.41, 5.74) is 0. The highest BCUT2D eigenvalue weighted by molar-refractivity contribution is 6.29. The lowest BCUT2D eigenvalue weighted by atomic mass is 9.85. The summed E-state index contributed by atoms with van der Waals surface area (Å²) >= 11 is 6.08. The van der Waals surface area contributed by atoms with Gasteiger partial charge >= 0.3 is 0 Å². The van der Waals surface area contributed by atoms with Gasteiger partial charge in [-0.05, 0) is 44.4 Å². The van der Waals surface area contributed by atoms with E-state index >= 15 is 0 Å². The van der Waals surface area contributed by atoms with E-state index in [9.17, 15) is 0 Å². The van der Waals surface area contributed by atoms with Gasteiger partial charge in [-0.2, -0.15) is 4.98 Å². The Morgan fingerprint density at radius 3 is 2.74 bits per heavy atom. The van der Waals surface area contributed by atoms with E-state index in [1.54, 1.807) is 6.07 Å². The van der Waals surface area contributed by atoms with E-state index < -0.39 is 0 Å². The van der Waals surface area contributed by atoms with Crippen LogP contribution in [0.4, 0.5) is 0 Å². The minimum absolute atomic E-state index is 0.303. The lowest BCUT2D eigenvalue weighted by molar-refractivity contribution is 0.0854. The molecular weight excluding hydrogens is 260 g/mol. The van der Waals surface area contributed by atoms with Gasteiger partial charge in [0.05, 0.1) is 0 Å². The monoisotopic (exact) mass is 280 g/mol. The maximum atomic E-state index is 6.12. The van der Waals surface area contributed by atoms with Gasteiger partial charge in [0.15, 0.2) is 0 Å². The molecular formula is C15H21ClN2O. The van der Waals surface area contributed by atoms with Crippen LogP contribution in [0.3, 0.4) is 0 Å². The molecule has 0 saturated heterocycles. The second-order valence-corrected chi connectivity index (χ2v) is 6.16. The van der Waals surface area contributed by atoms with Crippen LogP contribution in [0.5, 0.6) is 5.88 Å². The van der Waals surface area contributed by atoms with Gasteiger partial charge in [0, 0.05) is 12.0 Å². The summed E-state index contributed by atoms with van der Waals surface area (Å²) in [5, 5.41) is 0.510. The Kier molecular flexibility index (Phi) is 3.92. The molecule has 0 aliphatic heterocycles. The summed E-state index contributed by atoms with van der Waals surface area (Å²) in [6, 6.07) is 1.76. The van der Waals surface area contributed by atoms with Crippen molar-refractivity contribution in [2.24, 2.45) is 5.92 Å². The summed E-state index contributed by atoms with van der Waals surface area (Å²) in [5.74, 6) is 2.71. The molecule has 2 aliphatic carbocycles. The topological polar surface area (TPSA) is 35.0 Å². The summed E-state index contributed by atoms with van der Waals surface area (Å²) < 4.78 is 6.12. The fraction of sp³-hybridized carbons (Fsp3) is 0.733. The van der Waals surface area contributed by atoms with Gasteiger partial charge in [-0.1, -0.05) is 24.9 Å². The molecule has 2 saturated carbocycles. The van der Waals surface area contributed by atoms with E-state index in [0.29, 0.717) is 29.0 Å². The van der Waals surface area contributed by atoms with Crippen molar-refractivity contribution in [3.05, 3.63) is 17.0 Å². The van der Waals surface area contributed by atoms with E-state index in [-0.39, 0.29) is 0 Å². The Morgan fingerprint density at radius 2 is 2.00 bits per heavy atom. The summed E-state index contributed by atoms with van der Waals surface area (Å²) in [4.78, 5) is 8.84. The lowest BCUT2D eigenvalue weighted by Gasteiger charge is -2.30. The quantitative estimate of drug-likeness (QED) is 0.769. The van der Waals surface area contributed by atoms with Crippen LogP contribution in [0, 0.1) is 5.92 Å². The lowest BCUT2D eigenvalue weighted by Crippen LogP contribution is -2.30. The zero-order valence-electron chi connectivity index (χ0n) is 11.4. The Hall–Kier alpha value is -0.830. The molecule has 0 aromatic carbocycles. The van der Waals surface area contributed by atoms with Crippen LogP contribution in [-0.2, 0) is 0 Å². The highest BCUT2D eigenvalue weighted by atomic mass is 35.5. The van der Waals surface area contributed by atoms with Crippen molar-refractivity contribution >= 4 is 11.6 Å². The van der Waals surface area contributed by atoms with Crippen molar-refractivity contribution in [1.82, 2.24) is 9.97 Å². The van der Waals surface area contributed by atoms with Crippen LogP contribution in [0.1, 0.15) is 63.6 Å². The fourth-order valence-corrected chi connectivity index (χ4v) is 3.13. The first-order chi connectivity index (χ1) is 9.26.